The fourth-order valence-electron chi connectivity index (χ4n) is 0. The molecule has 0 rings (SSSR count). The molecule has 1 heteroatoms. The van der Waals surface area contributed by atoms with Crippen molar-refractivity contribution in [1.82, 2.24) is 0 Å². The van der Waals surface area contributed by atoms with Crippen LogP contribution in [-0.4, -0.2) is 0 Å². The van der Waals surface area contributed by atoms with E-state index >= 15 is 0 Å². The van der Waals surface area contributed by atoms with E-state index in [1.165, 1.54) is 12.8 Å². The quantitative estimate of drug-likeness (QED) is 0.500. The van der Waals surface area contributed by atoms with Gasteiger partial charge in [-0.2, -0.15) is 0 Å². The molecule has 0 unspecified atom stereocenters. The van der Waals surface area contributed by atoms with E-state index in [0.29, 0.717) is 0 Å². The maximum Gasteiger partial charge on any atom is 0 e. The minimum Gasteiger partial charge on any atom is -0.0776 e. The average molecular weight is 176 g/mol. The fraction of sp³-hybridized carbons (Fsp3) is 1.00. The van der Waals surface area contributed by atoms with Crippen LogP contribution in [-0.2, 0) is 0 Å². The Balaban J connectivity index is -0.00000000571. The first kappa shape index (κ1) is 42.8. The van der Waals surface area contributed by atoms with Gasteiger partial charge in [0, 0.05) is 37.7 Å². The van der Waals surface area contributed by atoms with Crippen molar-refractivity contribution in [2.24, 2.45) is 0 Å². The molecule has 0 saturated carbocycles. The van der Waals surface area contributed by atoms with Crippen molar-refractivity contribution >= 4 is 0 Å². The van der Waals surface area contributed by atoms with E-state index in [0.717, 1.165) is 0 Å². The van der Waals surface area contributed by atoms with Crippen molar-refractivity contribution in [3.05, 3.63) is 0 Å². The molecule has 0 fully saturated rings. The summed E-state index contributed by atoms with van der Waals surface area (Å²) in [7, 11) is 0. The Kier molecular flexibility index (Phi) is 355. The normalized spacial score (nSPS) is 3.60. The molecule has 0 aromatic rings. The molecule has 0 aliphatic heterocycles. The summed E-state index contributed by atoms with van der Waals surface area (Å²) in [5, 5.41) is 0. The summed E-state index contributed by atoms with van der Waals surface area (Å²) in [6.45, 7) is 8.50. The second-order valence-electron chi connectivity index (χ2n) is 1.41. The molecule has 0 bridgehead atoms. The number of hydrogen-bond donors (Lipinski definition) is 0. The van der Waals surface area contributed by atoms with Crippen molar-refractivity contribution < 1.29 is 37.7 Å². The number of hydrogen-bond acceptors (Lipinski definition) is 0. The van der Waals surface area contributed by atoms with Crippen molar-refractivity contribution in [2.45, 2.75) is 62.8 Å². The smallest absolute Gasteiger partial charge is 0 e. The van der Waals surface area contributed by atoms with Crippen LogP contribution in [0.1, 0.15) is 62.8 Å². The van der Waals surface area contributed by atoms with Gasteiger partial charge in [0.2, 0.25) is 0 Å². The molecule has 0 aromatic heterocycles. The predicted molar refractivity (Wildman–Crippen MR) is 52.1 cm³/mol. The van der Waals surface area contributed by atoms with Gasteiger partial charge in [-0.05, 0) is 0 Å². The van der Waals surface area contributed by atoms with Crippen LogP contribution in [0.15, 0.2) is 0 Å². The maximum absolute atomic E-state index is 2.12. The zero-order chi connectivity index (χ0) is 5.41. The topological polar surface area (TPSA) is 0 Å². The van der Waals surface area contributed by atoms with Crippen LogP contribution in [0.3, 0.4) is 0 Å². The van der Waals surface area contributed by atoms with Crippen LogP contribution in [0.5, 0.6) is 0 Å². The third kappa shape index (κ3) is 398. The minimum absolute atomic E-state index is 0. The van der Waals surface area contributed by atoms with E-state index in [2.05, 4.69) is 27.7 Å². The van der Waals surface area contributed by atoms with Gasteiger partial charge in [-0.15, -0.1) is 0 Å². The summed E-state index contributed by atoms with van der Waals surface area (Å²) >= 11 is 0. The van der Waals surface area contributed by atoms with E-state index in [4.69, 9.17) is 0 Å². The summed E-state index contributed by atoms with van der Waals surface area (Å²) in [5.41, 5.74) is 0. The largest absolute Gasteiger partial charge is 0.0776 e. The van der Waals surface area contributed by atoms with Crippen molar-refractivity contribution in [3.63, 3.8) is 0 Å². The summed E-state index contributed by atoms with van der Waals surface area (Å²) in [6.07, 6.45) is 2.50. The zero-order valence-electron chi connectivity index (χ0n) is 5.77. The summed E-state index contributed by atoms with van der Waals surface area (Å²) in [6, 6.07) is 0. The Morgan fingerprint density at radius 1 is 0.600 bits per heavy atom. The van der Waals surface area contributed by atoms with Crippen LogP contribution in [0.2, 0.25) is 0 Å². The molecule has 0 radical (unpaired) electrons. The Morgan fingerprint density at radius 2 is 0.600 bits per heavy atom. The Hall–Kier alpha value is 1.26. The van der Waals surface area contributed by atoms with Gasteiger partial charge in [0.05, 0.1) is 0 Å². The second kappa shape index (κ2) is 82.8. The fourth-order valence-corrected chi connectivity index (χ4v) is 0. The van der Waals surface area contributed by atoms with Gasteiger partial charge >= 0.3 is 0 Å². The first-order valence-corrected chi connectivity index (χ1v) is 2.83. The maximum atomic E-state index is 2.12. The average Bonchev–Trinajstić information content (AvgIpc) is 1.39. The van der Waals surface area contributed by atoms with Crippen LogP contribution in [0.4, 0.5) is 0 Å². The van der Waals surface area contributed by atoms with Crippen molar-refractivity contribution in [2.75, 3.05) is 0 Å². The van der Waals surface area contributed by atoms with E-state index < -0.39 is 0 Å². The molecule has 0 heterocycles. The van der Waals surface area contributed by atoms with Crippen molar-refractivity contribution in [1.29, 1.82) is 0 Å². The third-order valence-electron chi connectivity index (χ3n) is 0. The Morgan fingerprint density at radius 3 is 0.600 bits per heavy atom. The third-order valence-corrected chi connectivity index (χ3v) is 0. The molecule has 0 saturated heterocycles. The molecule has 0 atom stereocenters. The van der Waals surface area contributed by atoms with Crippen LogP contribution >= 0.6 is 0 Å². The van der Waals surface area contributed by atoms with Crippen molar-refractivity contribution in [3.8, 4) is 0 Å². The monoisotopic (exact) mass is 176 g/mol. The van der Waals surface area contributed by atoms with Gasteiger partial charge in [-0.1, -0.05) is 62.8 Å². The molecule has 0 amide bonds. The van der Waals surface area contributed by atoms with Gasteiger partial charge < -0.3 is 0 Å². The van der Waals surface area contributed by atoms with Gasteiger partial charge in [-0.25, -0.2) is 0 Å². The molecule has 72 valence electrons. The molecule has 0 nitrogen and oxygen atoms in total. The van der Waals surface area contributed by atoms with Gasteiger partial charge in [-0.3, -0.25) is 0 Å². The van der Waals surface area contributed by atoms with Crippen LogP contribution in [0.25, 0.3) is 0 Å². The molecule has 0 aromatic carbocycles. The summed E-state index contributed by atoms with van der Waals surface area (Å²) in [4.78, 5) is 0. The molecule has 0 N–H and O–H groups in total. The molecule has 0 aliphatic rings. The van der Waals surface area contributed by atoms with E-state index in [1.807, 2.05) is 0 Å². The standard InChI is InChI=1S/2C3H8.3CH4.Ar/c2*1-3-2;;;;/h2*3H2,1-2H3;3*1H4;. The number of rotatable bonds is 0. The van der Waals surface area contributed by atoms with E-state index in [-0.39, 0.29) is 60.0 Å². The Labute approximate surface area is 99.8 Å². The van der Waals surface area contributed by atoms with Gasteiger partial charge in [0.25, 0.3) is 0 Å². The molecule has 10 heavy (non-hydrogen) atoms. The van der Waals surface area contributed by atoms with Crippen LogP contribution in [0, 0.1) is 37.7 Å². The first-order valence-electron chi connectivity index (χ1n) is 2.83. The second-order valence-corrected chi connectivity index (χ2v) is 1.41. The minimum atomic E-state index is 0. The molecular weight excluding hydrogens is 148 g/mol. The predicted octanol–water partition coefficient (Wildman–Crippen LogP) is 4.74. The Bertz CT molecular complexity index is 6.69. The van der Waals surface area contributed by atoms with Crippen LogP contribution < -0.4 is 0 Å². The zero-order valence-corrected chi connectivity index (χ0v) is 6.47. The van der Waals surface area contributed by atoms with Gasteiger partial charge in [0.15, 0.2) is 0 Å². The molecule has 0 spiro atoms. The summed E-state index contributed by atoms with van der Waals surface area (Å²) < 4.78 is 0. The van der Waals surface area contributed by atoms with Gasteiger partial charge in [0.1, 0.15) is 0 Å². The van der Waals surface area contributed by atoms with E-state index in [1.54, 1.807) is 0 Å². The molecule has 0 aliphatic carbocycles. The molecular formula is C9H28Ar. The first-order chi connectivity index (χ1) is 2.83. The van der Waals surface area contributed by atoms with E-state index in [9.17, 15) is 0 Å². The summed E-state index contributed by atoms with van der Waals surface area (Å²) in [5.74, 6) is 0. The SMILES string of the molecule is C.C.C.CCC.CCC.[Ar].